The van der Waals surface area contributed by atoms with E-state index in [0.717, 1.165) is 18.5 Å². The van der Waals surface area contributed by atoms with Crippen molar-refractivity contribution < 1.29 is 9.53 Å². The molecule has 4 nitrogen and oxygen atoms in total. The molecule has 1 aromatic rings. The fourth-order valence-electron chi connectivity index (χ4n) is 3.18. The summed E-state index contributed by atoms with van der Waals surface area (Å²) in [6, 6.07) is 9.39. The zero-order valence-corrected chi connectivity index (χ0v) is 13.6. The van der Waals surface area contributed by atoms with E-state index in [-0.39, 0.29) is 23.3 Å². The summed E-state index contributed by atoms with van der Waals surface area (Å²) in [4.78, 5) is 14.4. The van der Waals surface area contributed by atoms with Crippen molar-refractivity contribution in [3.05, 3.63) is 30.3 Å². The maximum Gasteiger partial charge on any atom is 0.411 e. The Hall–Kier alpha value is -1.55. The highest BCUT2D eigenvalue weighted by atomic mass is 16.6. The van der Waals surface area contributed by atoms with E-state index in [0.29, 0.717) is 0 Å². The predicted octanol–water partition coefficient (Wildman–Crippen LogP) is 3.89. The van der Waals surface area contributed by atoms with Crippen molar-refractivity contribution in [1.29, 1.82) is 0 Å². The van der Waals surface area contributed by atoms with Crippen molar-refractivity contribution in [2.24, 2.45) is 0 Å². The number of hydrogen-bond acceptors (Lipinski definition) is 3. The van der Waals surface area contributed by atoms with E-state index < -0.39 is 0 Å². The second-order valence-corrected chi connectivity index (χ2v) is 7.11. The van der Waals surface area contributed by atoms with Gasteiger partial charge in [0, 0.05) is 29.6 Å². The normalized spacial score (nSPS) is 21.8. The molecule has 1 heterocycles. The van der Waals surface area contributed by atoms with Gasteiger partial charge in [0.05, 0.1) is 0 Å². The Morgan fingerprint density at radius 3 is 2.19 bits per heavy atom. The number of carbonyl (C=O) groups excluding carboxylic acids is 1. The monoisotopic (exact) mass is 290 g/mol. The van der Waals surface area contributed by atoms with Gasteiger partial charge < -0.3 is 4.74 Å². The van der Waals surface area contributed by atoms with Crippen LogP contribution in [0.1, 0.15) is 40.5 Å². The molecule has 1 aliphatic heterocycles. The lowest BCUT2D eigenvalue weighted by Gasteiger charge is -2.53. The van der Waals surface area contributed by atoms with Crippen LogP contribution in [0.5, 0.6) is 0 Å². The number of nitrogens with zero attached hydrogens (tertiary/aromatic N) is 1. The zero-order chi connectivity index (χ0) is 15.7. The first-order valence-corrected chi connectivity index (χ1v) is 7.47. The second-order valence-electron chi connectivity index (χ2n) is 7.11. The molecule has 1 amide bonds. The highest BCUT2D eigenvalue weighted by molar-refractivity contribution is 5.84. The van der Waals surface area contributed by atoms with Crippen LogP contribution in [0.3, 0.4) is 0 Å². The molecule has 2 rings (SSSR count). The lowest BCUT2D eigenvalue weighted by atomic mass is 9.79. The summed E-state index contributed by atoms with van der Waals surface area (Å²) in [5, 5.41) is 2.78. The third-order valence-electron chi connectivity index (χ3n) is 4.56. The Balaban J connectivity index is 1.98. The van der Waals surface area contributed by atoms with Gasteiger partial charge in [0.25, 0.3) is 0 Å². The van der Waals surface area contributed by atoms with Crippen LogP contribution in [0.4, 0.5) is 10.5 Å². The van der Waals surface area contributed by atoms with Gasteiger partial charge in [-0.2, -0.15) is 0 Å². The highest BCUT2D eigenvalue weighted by Crippen LogP contribution is 2.38. The lowest BCUT2D eigenvalue weighted by molar-refractivity contribution is -0.0659. The number of nitrogens with one attached hydrogen (secondary N) is 1. The van der Waals surface area contributed by atoms with Crippen LogP contribution < -0.4 is 5.32 Å². The van der Waals surface area contributed by atoms with Crippen molar-refractivity contribution >= 4 is 11.8 Å². The molecule has 0 spiro atoms. The van der Waals surface area contributed by atoms with Gasteiger partial charge in [-0.3, -0.25) is 10.2 Å². The van der Waals surface area contributed by atoms with Crippen molar-refractivity contribution in [3.63, 3.8) is 0 Å². The summed E-state index contributed by atoms with van der Waals surface area (Å²) in [7, 11) is 2.14. The number of likely N-dealkylation sites (tertiary alicyclic amines) is 1. The molecule has 1 saturated heterocycles. The molecule has 0 atom stereocenters. The predicted molar refractivity (Wildman–Crippen MR) is 85.5 cm³/mol. The van der Waals surface area contributed by atoms with Crippen LogP contribution in [0.2, 0.25) is 0 Å². The largest absolute Gasteiger partial charge is 0.446 e. The number of piperidine rings is 1. The van der Waals surface area contributed by atoms with Crippen molar-refractivity contribution in [2.75, 3.05) is 12.4 Å². The summed E-state index contributed by atoms with van der Waals surface area (Å²) in [5.74, 6) is 0. The van der Waals surface area contributed by atoms with E-state index in [1.807, 2.05) is 30.3 Å². The molecule has 0 saturated carbocycles. The zero-order valence-electron chi connectivity index (χ0n) is 13.6. The molecule has 0 aliphatic carbocycles. The van der Waals surface area contributed by atoms with Gasteiger partial charge in [0.15, 0.2) is 0 Å². The summed E-state index contributed by atoms with van der Waals surface area (Å²) < 4.78 is 5.64. The number of ether oxygens (including phenoxy) is 1. The first-order valence-electron chi connectivity index (χ1n) is 7.47. The lowest BCUT2D eigenvalue weighted by Crippen LogP contribution is -2.60. The molecule has 116 valence electrons. The quantitative estimate of drug-likeness (QED) is 0.898. The van der Waals surface area contributed by atoms with Crippen LogP contribution >= 0.6 is 0 Å². The summed E-state index contributed by atoms with van der Waals surface area (Å²) in [6.07, 6.45) is 1.25. The van der Waals surface area contributed by atoms with E-state index in [2.05, 4.69) is 45.0 Å². The van der Waals surface area contributed by atoms with Gasteiger partial charge in [-0.05, 0) is 46.9 Å². The maximum absolute atomic E-state index is 12.0. The Labute approximate surface area is 127 Å². The average molecular weight is 290 g/mol. The van der Waals surface area contributed by atoms with Crippen LogP contribution in [0.15, 0.2) is 30.3 Å². The number of para-hydroxylation sites is 1. The number of carbonyl (C=O) groups is 1. The van der Waals surface area contributed by atoms with Crippen molar-refractivity contribution in [2.45, 2.75) is 57.7 Å². The van der Waals surface area contributed by atoms with Crippen molar-refractivity contribution in [3.8, 4) is 0 Å². The van der Waals surface area contributed by atoms with Crippen LogP contribution in [-0.4, -0.2) is 35.2 Å². The number of anilines is 1. The Morgan fingerprint density at radius 2 is 1.67 bits per heavy atom. The molecular formula is C17H26N2O2. The average Bonchev–Trinajstić information content (AvgIpc) is 2.36. The SMILES string of the molecule is CN1C(C)(C)CC(OC(=O)Nc2ccccc2)CC1(C)C. The molecule has 1 N–H and O–H groups in total. The van der Waals surface area contributed by atoms with Crippen LogP contribution in [0.25, 0.3) is 0 Å². The fraction of sp³-hybridized carbons (Fsp3) is 0.588. The minimum Gasteiger partial charge on any atom is -0.446 e. The van der Waals surface area contributed by atoms with Gasteiger partial charge in [0.2, 0.25) is 0 Å². The first kappa shape index (κ1) is 15.8. The number of hydrogen-bond donors (Lipinski definition) is 1. The van der Waals surface area contributed by atoms with Gasteiger partial charge in [-0.25, -0.2) is 4.79 Å². The van der Waals surface area contributed by atoms with E-state index in [1.165, 1.54) is 0 Å². The third-order valence-corrected chi connectivity index (χ3v) is 4.56. The van der Waals surface area contributed by atoms with Gasteiger partial charge in [0.1, 0.15) is 6.10 Å². The maximum atomic E-state index is 12.0. The molecule has 21 heavy (non-hydrogen) atoms. The van der Waals surface area contributed by atoms with E-state index in [9.17, 15) is 4.79 Å². The summed E-state index contributed by atoms with van der Waals surface area (Å²) in [6.45, 7) is 8.78. The van der Waals surface area contributed by atoms with Gasteiger partial charge >= 0.3 is 6.09 Å². The minimum atomic E-state index is -0.373. The standard InChI is InChI=1S/C17H26N2O2/c1-16(2)11-14(12-17(3,4)19(16)5)21-15(20)18-13-9-7-6-8-10-13/h6-10,14H,11-12H2,1-5H3,(H,18,20). The Bertz CT molecular complexity index is 479. The van der Waals surface area contributed by atoms with Gasteiger partial charge in [-0.15, -0.1) is 0 Å². The molecule has 0 radical (unpaired) electrons. The molecule has 0 aromatic heterocycles. The van der Waals surface area contributed by atoms with Crippen LogP contribution in [0, 0.1) is 0 Å². The smallest absolute Gasteiger partial charge is 0.411 e. The first-order chi connectivity index (χ1) is 9.71. The fourth-order valence-corrected chi connectivity index (χ4v) is 3.18. The number of amides is 1. The topological polar surface area (TPSA) is 41.6 Å². The summed E-state index contributed by atoms with van der Waals surface area (Å²) in [5.41, 5.74) is 0.785. The Morgan fingerprint density at radius 1 is 1.14 bits per heavy atom. The summed E-state index contributed by atoms with van der Waals surface area (Å²) >= 11 is 0. The van der Waals surface area contributed by atoms with E-state index in [4.69, 9.17) is 4.74 Å². The highest BCUT2D eigenvalue weighted by Gasteiger charge is 2.44. The Kier molecular flexibility index (Phi) is 4.28. The van der Waals surface area contributed by atoms with Gasteiger partial charge in [-0.1, -0.05) is 18.2 Å². The third kappa shape index (κ3) is 3.76. The molecule has 1 fully saturated rings. The van der Waals surface area contributed by atoms with E-state index >= 15 is 0 Å². The van der Waals surface area contributed by atoms with E-state index in [1.54, 1.807) is 0 Å². The second kappa shape index (κ2) is 5.68. The van der Waals surface area contributed by atoms with Crippen molar-refractivity contribution in [1.82, 2.24) is 4.90 Å². The molecule has 1 aromatic carbocycles. The molecule has 0 bridgehead atoms. The molecule has 0 unspecified atom stereocenters. The van der Waals surface area contributed by atoms with Crippen LogP contribution in [-0.2, 0) is 4.74 Å². The number of rotatable bonds is 2. The molecular weight excluding hydrogens is 264 g/mol. The number of benzene rings is 1. The minimum absolute atomic E-state index is 0.0133. The molecule has 1 aliphatic rings. The molecule has 4 heteroatoms.